The zero-order chi connectivity index (χ0) is 13.7. The number of anilines is 2. The molecule has 0 amide bonds. The van der Waals surface area contributed by atoms with Gasteiger partial charge in [-0.15, -0.1) is 0 Å². The fourth-order valence-corrected chi connectivity index (χ4v) is 2.14. The molecule has 2 heterocycles. The maximum Gasteiger partial charge on any atom is 0.134 e. The molecule has 106 valence electrons. The molecule has 0 radical (unpaired) electrons. The van der Waals surface area contributed by atoms with Crippen LogP contribution in [0.15, 0.2) is 12.4 Å². The van der Waals surface area contributed by atoms with E-state index in [1.54, 1.807) is 6.33 Å². The molecule has 5 heteroatoms. The summed E-state index contributed by atoms with van der Waals surface area (Å²) in [6, 6.07) is 2.05. The average molecular weight is 263 g/mol. The minimum atomic E-state index is 0.0518. The van der Waals surface area contributed by atoms with E-state index in [1.165, 1.54) is 19.3 Å². The van der Waals surface area contributed by atoms with Crippen LogP contribution >= 0.6 is 0 Å². The fraction of sp³-hybridized carbons (Fsp3) is 0.714. The van der Waals surface area contributed by atoms with Crippen molar-refractivity contribution in [1.82, 2.24) is 15.3 Å². The Labute approximate surface area is 115 Å². The van der Waals surface area contributed by atoms with Crippen molar-refractivity contribution in [3.8, 4) is 0 Å². The fourth-order valence-electron chi connectivity index (χ4n) is 2.14. The van der Waals surface area contributed by atoms with E-state index in [1.807, 2.05) is 7.05 Å². The van der Waals surface area contributed by atoms with E-state index in [0.29, 0.717) is 0 Å². The number of likely N-dealkylation sites (N-methyl/N-ethyl adjacent to an activating group) is 1. The van der Waals surface area contributed by atoms with Crippen molar-refractivity contribution >= 4 is 11.6 Å². The highest BCUT2D eigenvalue weighted by Gasteiger charge is 2.16. The molecule has 0 bridgehead atoms. The van der Waals surface area contributed by atoms with Crippen molar-refractivity contribution in [3.63, 3.8) is 0 Å². The number of nitrogens with one attached hydrogen (secondary N) is 2. The van der Waals surface area contributed by atoms with Gasteiger partial charge >= 0.3 is 0 Å². The van der Waals surface area contributed by atoms with Gasteiger partial charge in [-0.1, -0.05) is 0 Å². The van der Waals surface area contributed by atoms with E-state index in [-0.39, 0.29) is 5.54 Å². The number of hydrogen-bond donors (Lipinski definition) is 2. The van der Waals surface area contributed by atoms with Crippen LogP contribution in [0.2, 0.25) is 0 Å². The number of hydrogen-bond acceptors (Lipinski definition) is 5. The average Bonchev–Trinajstić information content (AvgIpc) is 2.47. The summed E-state index contributed by atoms with van der Waals surface area (Å²) in [7, 11) is 1.97. The first-order valence-corrected chi connectivity index (χ1v) is 7.10. The summed E-state index contributed by atoms with van der Waals surface area (Å²) in [5.74, 6) is 1.94. The Balaban J connectivity index is 1.98. The summed E-state index contributed by atoms with van der Waals surface area (Å²) in [4.78, 5) is 11.0. The van der Waals surface area contributed by atoms with Gasteiger partial charge < -0.3 is 15.5 Å². The minimum Gasteiger partial charge on any atom is -0.368 e. The predicted molar refractivity (Wildman–Crippen MR) is 79.7 cm³/mol. The molecule has 0 atom stereocenters. The highest BCUT2D eigenvalue weighted by molar-refractivity contribution is 5.48. The van der Waals surface area contributed by atoms with Crippen molar-refractivity contribution in [2.75, 3.05) is 36.9 Å². The smallest absolute Gasteiger partial charge is 0.134 e. The van der Waals surface area contributed by atoms with Gasteiger partial charge in [0.1, 0.15) is 18.0 Å². The van der Waals surface area contributed by atoms with E-state index in [2.05, 4.69) is 45.4 Å². The van der Waals surface area contributed by atoms with Crippen LogP contribution in [0.3, 0.4) is 0 Å². The lowest BCUT2D eigenvalue weighted by atomic mass is 10.1. The largest absolute Gasteiger partial charge is 0.368 e. The molecular formula is C14H25N5. The Morgan fingerprint density at radius 3 is 2.63 bits per heavy atom. The third kappa shape index (κ3) is 4.06. The van der Waals surface area contributed by atoms with Gasteiger partial charge in [0, 0.05) is 31.2 Å². The highest BCUT2D eigenvalue weighted by Crippen LogP contribution is 2.19. The Kier molecular flexibility index (Phi) is 4.58. The summed E-state index contributed by atoms with van der Waals surface area (Å²) in [6.07, 6.45) is 5.51. The lowest BCUT2D eigenvalue weighted by molar-refractivity contribution is 0.447. The van der Waals surface area contributed by atoms with Crippen LogP contribution in [0.4, 0.5) is 11.6 Å². The Hall–Kier alpha value is -1.36. The van der Waals surface area contributed by atoms with Crippen molar-refractivity contribution < 1.29 is 0 Å². The standard InChI is InChI=1S/C14H25N5/c1-14(2,15-3)10-16-12-9-13(18-11-17-12)19-7-5-4-6-8-19/h9,11,15H,4-8,10H2,1-3H3,(H,16,17,18). The molecule has 1 fully saturated rings. The van der Waals surface area contributed by atoms with Crippen molar-refractivity contribution in [1.29, 1.82) is 0 Å². The van der Waals surface area contributed by atoms with Crippen LogP contribution in [-0.4, -0.2) is 42.2 Å². The Bertz CT molecular complexity index is 399. The molecule has 2 rings (SSSR count). The third-order valence-corrected chi connectivity index (χ3v) is 3.72. The summed E-state index contributed by atoms with van der Waals surface area (Å²) >= 11 is 0. The summed E-state index contributed by atoms with van der Waals surface area (Å²) in [5.41, 5.74) is 0.0518. The predicted octanol–water partition coefficient (Wildman–Crippen LogP) is 1.88. The summed E-state index contributed by atoms with van der Waals surface area (Å²) < 4.78 is 0. The van der Waals surface area contributed by atoms with E-state index in [4.69, 9.17) is 0 Å². The van der Waals surface area contributed by atoms with Gasteiger partial charge in [0.2, 0.25) is 0 Å². The first-order valence-electron chi connectivity index (χ1n) is 7.10. The first kappa shape index (κ1) is 14.1. The Morgan fingerprint density at radius 1 is 1.21 bits per heavy atom. The maximum absolute atomic E-state index is 4.39. The number of rotatable bonds is 5. The van der Waals surface area contributed by atoms with Gasteiger partial charge in [-0.2, -0.15) is 0 Å². The second-order valence-electron chi connectivity index (χ2n) is 5.80. The van der Waals surface area contributed by atoms with Crippen molar-refractivity contribution in [2.24, 2.45) is 0 Å². The highest BCUT2D eigenvalue weighted by atomic mass is 15.2. The monoisotopic (exact) mass is 263 g/mol. The molecule has 1 aliphatic rings. The minimum absolute atomic E-state index is 0.0518. The molecule has 1 aromatic rings. The molecule has 0 spiro atoms. The summed E-state index contributed by atoms with van der Waals surface area (Å²) in [6.45, 7) is 7.37. The zero-order valence-corrected chi connectivity index (χ0v) is 12.2. The van der Waals surface area contributed by atoms with Crippen LogP contribution in [0.25, 0.3) is 0 Å². The van der Waals surface area contributed by atoms with Crippen LogP contribution in [-0.2, 0) is 0 Å². The topological polar surface area (TPSA) is 53.1 Å². The molecule has 2 N–H and O–H groups in total. The lowest BCUT2D eigenvalue weighted by Gasteiger charge is -2.28. The second kappa shape index (κ2) is 6.19. The third-order valence-electron chi connectivity index (χ3n) is 3.72. The van der Waals surface area contributed by atoms with E-state index >= 15 is 0 Å². The molecule has 1 saturated heterocycles. The van der Waals surface area contributed by atoms with Crippen LogP contribution < -0.4 is 15.5 Å². The zero-order valence-electron chi connectivity index (χ0n) is 12.2. The van der Waals surface area contributed by atoms with Gasteiger partial charge in [-0.3, -0.25) is 0 Å². The molecular weight excluding hydrogens is 238 g/mol. The molecule has 5 nitrogen and oxygen atoms in total. The van der Waals surface area contributed by atoms with Gasteiger partial charge in [-0.05, 0) is 40.2 Å². The van der Waals surface area contributed by atoms with E-state index in [9.17, 15) is 0 Å². The van der Waals surface area contributed by atoms with Gasteiger partial charge in [0.05, 0.1) is 0 Å². The van der Waals surface area contributed by atoms with Gasteiger partial charge in [-0.25, -0.2) is 9.97 Å². The number of nitrogens with zero attached hydrogens (tertiary/aromatic N) is 3. The molecule has 0 aliphatic carbocycles. The molecule has 1 aliphatic heterocycles. The van der Waals surface area contributed by atoms with Crippen molar-refractivity contribution in [2.45, 2.75) is 38.6 Å². The molecule has 0 unspecified atom stereocenters. The van der Waals surface area contributed by atoms with E-state index < -0.39 is 0 Å². The van der Waals surface area contributed by atoms with E-state index in [0.717, 1.165) is 31.3 Å². The number of aromatic nitrogens is 2. The van der Waals surface area contributed by atoms with Crippen molar-refractivity contribution in [3.05, 3.63) is 12.4 Å². The Morgan fingerprint density at radius 2 is 1.95 bits per heavy atom. The molecule has 0 saturated carbocycles. The first-order chi connectivity index (χ1) is 9.11. The quantitative estimate of drug-likeness (QED) is 0.849. The molecule has 0 aromatic carbocycles. The summed E-state index contributed by atoms with van der Waals surface area (Å²) in [5, 5.41) is 6.65. The van der Waals surface area contributed by atoms with Crippen LogP contribution in [0.5, 0.6) is 0 Å². The molecule has 1 aromatic heterocycles. The molecule has 19 heavy (non-hydrogen) atoms. The second-order valence-corrected chi connectivity index (χ2v) is 5.80. The van der Waals surface area contributed by atoms with Gasteiger partial charge in [0.15, 0.2) is 0 Å². The SMILES string of the molecule is CNC(C)(C)CNc1cc(N2CCCCC2)ncn1. The van der Waals surface area contributed by atoms with Crippen LogP contribution in [0, 0.1) is 0 Å². The normalized spacial score (nSPS) is 16.5. The number of piperidine rings is 1. The lowest BCUT2D eigenvalue weighted by Crippen LogP contribution is -2.42. The van der Waals surface area contributed by atoms with Crippen LogP contribution in [0.1, 0.15) is 33.1 Å². The van der Waals surface area contributed by atoms with Gasteiger partial charge in [0.25, 0.3) is 0 Å². The maximum atomic E-state index is 4.39.